The highest BCUT2D eigenvalue weighted by atomic mass is 32.1. The average molecular weight is 801 g/mol. The molecule has 2 aliphatic rings. The first-order valence-electron chi connectivity index (χ1n) is 18.8. The van der Waals surface area contributed by atoms with E-state index in [1.807, 2.05) is 12.1 Å². The fourth-order valence-corrected chi connectivity index (χ4v) is 8.83. The Morgan fingerprint density at radius 2 is 1.68 bits per heavy atom. The van der Waals surface area contributed by atoms with E-state index >= 15 is 0 Å². The van der Waals surface area contributed by atoms with E-state index in [-0.39, 0.29) is 44.4 Å². The number of carbonyl (C=O) groups excluding carboxylic acids is 3. The van der Waals surface area contributed by atoms with Gasteiger partial charge in [0, 0.05) is 61.2 Å². The summed E-state index contributed by atoms with van der Waals surface area (Å²) in [7, 11) is 1.45. The third kappa shape index (κ3) is 7.42. The third-order valence-electron chi connectivity index (χ3n) is 11.2. The number of hydrogen-bond donors (Lipinski definition) is 4. The molecule has 0 saturated carbocycles. The highest BCUT2D eigenvalue weighted by molar-refractivity contribution is 7.25. The molecule has 14 heteroatoms. The minimum atomic E-state index is -1.98. The molecule has 57 heavy (non-hydrogen) atoms. The smallest absolute Gasteiger partial charge is 0.312 e. The first kappa shape index (κ1) is 41.5. The number of benzene rings is 3. The molecule has 0 fully saturated rings. The Balaban J connectivity index is 1.58. The van der Waals surface area contributed by atoms with Crippen molar-refractivity contribution in [3.8, 4) is 11.5 Å². The molecule has 9 atom stereocenters. The van der Waals surface area contributed by atoms with Crippen LogP contribution >= 0.6 is 11.3 Å². The normalized spacial score (nSPS) is 30.8. The van der Waals surface area contributed by atoms with E-state index in [0.717, 1.165) is 0 Å². The number of fused-ring (bicyclic) bond motifs is 2. The number of esters is 1. The summed E-state index contributed by atoms with van der Waals surface area (Å²) in [4.78, 5) is 59.7. The van der Waals surface area contributed by atoms with Gasteiger partial charge < -0.3 is 39.6 Å². The Kier molecular flexibility index (Phi) is 11.6. The number of nitrogens with one attached hydrogen (secondary N) is 1. The number of aliphatic hydroxyl groups is 2. The molecule has 3 heterocycles. The first-order chi connectivity index (χ1) is 26.9. The zero-order valence-corrected chi connectivity index (χ0v) is 34.1. The maximum Gasteiger partial charge on any atom is 0.312 e. The van der Waals surface area contributed by atoms with E-state index in [0.29, 0.717) is 14.9 Å². The Morgan fingerprint density at radius 3 is 2.37 bits per heavy atom. The van der Waals surface area contributed by atoms with Crippen LogP contribution in [0.5, 0.6) is 11.5 Å². The van der Waals surface area contributed by atoms with E-state index in [1.54, 1.807) is 65.0 Å². The topological polar surface area (TPSA) is 191 Å². The number of phenolic OH excluding ortho intramolecular Hbond substituents is 1. The number of Topliss-reactive ketones (excluding diaryl/α,β-unsaturated/α-hetero) is 1. The van der Waals surface area contributed by atoms with Gasteiger partial charge in [-0.2, -0.15) is 0 Å². The number of aromatic hydroxyl groups is 1. The fraction of sp³-hybridized carbons (Fsp3) is 0.419. The van der Waals surface area contributed by atoms with Gasteiger partial charge in [-0.15, -0.1) is 11.3 Å². The lowest BCUT2D eigenvalue weighted by Gasteiger charge is -2.38. The molecule has 0 saturated heterocycles. The van der Waals surface area contributed by atoms with Crippen molar-refractivity contribution in [2.75, 3.05) is 12.4 Å². The van der Waals surface area contributed by atoms with E-state index in [4.69, 9.17) is 23.9 Å². The number of amides is 1. The summed E-state index contributed by atoms with van der Waals surface area (Å²) >= 11 is 1.22. The molecule has 0 aliphatic carbocycles. The number of anilines is 1. The standard InChI is InChI=1S/C43H48N2O11S/c1-19-13-12-14-20(2)42(52)45-33-37(50)30-29(32-40(33)57-28-16-11-10-15-26(28)44-32)31-39(24(6)36(30)49)56-43(8,41(31)51)54-18-17-27(53-9)21(3)38(55-25(7)46)23(5)35(48)22(4)34(19)47/h10-19,21-23,27,34-35,38,47-48,50H,1-9H3,(H,45,52)/b13-12+,18-17+,20-14-/t19-,21+,22+,23+,27-,34-,35+,38+,43-/m0/s1. The van der Waals surface area contributed by atoms with Crippen LogP contribution in [0.25, 0.3) is 31.2 Å². The molecular formula is C43H48N2O11S. The van der Waals surface area contributed by atoms with Crippen LogP contribution in [-0.4, -0.2) is 75.3 Å². The second-order valence-electron chi connectivity index (χ2n) is 15.2. The fourth-order valence-electron chi connectivity index (χ4n) is 7.75. The quantitative estimate of drug-likeness (QED) is 0.0750. The van der Waals surface area contributed by atoms with E-state index in [1.165, 1.54) is 51.6 Å². The summed E-state index contributed by atoms with van der Waals surface area (Å²) < 4.78 is 24.8. The Hall–Kier alpha value is -5.15. The molecule has 4 aromatic rings. The number of ether oxygens (including phenoxy) is 4. The van der Waals surface area contributed by atoms with Crippen molar-refractivity contribution in [3.63, 3.8) is 0 Å². The van der Waals surface area contributed by atoms with Gasteiger partial charge in [-0.3, -0.25) is 19.2 Å². The Bertz CT molecular complexity index is 2440. The molecule has 302 valence electrons. The van der Waals surface area contributed by atoms with Gasteiger partial charge in [0.05, 0.1) is 56.0 Å². The monoisotopic (exact) mass is 800 g/mol. The molecule has 0 radical (unpaired) electrons. The van der Waals surface area contributed by atoms with Crippen molar-refractivity contribution >= 4 is 65.9 Å². The molecular weight excluding hydrogens is 753 g/mol. The van der Waals surface area contributed by atoms with Gasteiger partial charge in [-0.25, -0.2) is 4.98 Å². The Morgan fingerprint density at radius 1 is 0.982 bits per heavy atom. The maximum atomic E-state index is 14.5. The average Bonchev–Trinajstić information content (AvgIpc) is 3.45. The SMILES string of the molecule is CO[C@H]1/C=C/O[C@@]2(C)Oc3c(C)c(=O)c4c(O)c(c5sc6ccccc6nc5c4c3C2=O)NC(=O)/C(C)=C\C=C\[C@H](C)[C@H](O)[C@@H](C)[C@@H](O)[C@@H](C)[C@H](OC(C)=O)[C@@H]1C. The van der Waals surface area contributed by atoms with Crippen LogP contribution < -0.4 is 15.5 Å². The van der Waals surface area contributed by atoms with Gasteiger partial charge in [-0.1, -0.05) is 58.1 Å². The molecule has 0 spiro atoms. The summed E-state index contributed by atoms with van der Waals surface area (Å²) in [6, 6.07) is 7.23. The van der Waals surface area contributed by atoms with Crippen LogP contribution in [0.1, 0.15) is 64.4 Å². The zero-order chi connectivity index (χ0) is 41.7. The number of hydrogen-bond acceptors (Lipinski definition) is 13. The molecule has 1 aromatic heterocycles. The number of ketones is 1. The lowest BCUT2D eigenvalue weighted by atomic mass is 9.78. The molecule has 4 N–H and O–H groups in total. The summed E-state index contributed by atoms with van der Waals surface area (Å²) in [6.07, 6.45) is 3.83. The number of aliphatic hydroxyl groups excluding tert-OH is 2. The largest absolute Gasteiger partial charge is 0.505 e. The van der Waals surface area contributed by atoms with E-state index < -0.39 is 82.7 Å². The number of methoxy groups -OCH3 is 1. The molecule has 6 rings (SSSR count). The highest BCUT2D eigenvalue weighted by Crippen LogP contribution is 2.49. The van der Waals surface area contributed by atoms with E-state index in [2.05, 4.69) is 5.32 Å². The number of carbonyl (C=O) groups is 3. The van der Waals surface area contributed by atoms with Crippen LogP contribution in [0.4, 0.5) is 5.69 Å². The second-order valence-corrected chi connectivity index (χ2v) is 16.2. The predicted molar refractivity (Wildman–Crippen MR) is 217 cm³/mol. The van der Waals surface area contributed by atoms with Gasteiger partial charge in [0.15, 0.2) is 11.2 Å². The molecule has 2 aliphatic heterocycles. The number of para-hydroxylation sites is 1. The van der Waals surface area contributed by atoms with Crippen molar-refractivity contribution in [2.24, 2.45) is 23.7 Å². The molecule has 4 bridgehead atoms. The Labute approximate surface area is 333 Å². The predicted octanol–water partition coefficient (Wildman–Crippen LogP) is 6.47. The summed E-state index contributed by atoms with van der Waals surface area (Å²) in [5.41, 5.74) is 0.337. The minimum Gasteiger partial charge on any atom is -0.505 e. The van der Waals surface area contributed by atoms with Gasteiger partial charge in [0.1, 0.15) is 17.5 Å². The van der Waals surface area contributed by atoms with Gasteiger partial charge in [0.25, 0.3) is 11.7 Å². The van der Waals surface area contributed by atoms with Crippen molar-refractivity contribution < 1.29 is 48.7 Å². The molecule has 3 aromatic carbocycles. The lowest BCUT2D eigenvalue weighted by molar-refractivity contribution is -0.160. The molecule has 13 nitrogen and oxygen atoms in total. The second kappa shape index (κ2) is 16.0. The van der Waals surface area contributed by atoms with Crippen LogP contribution in [0, 0.1) is 30.6 Å². The highest BCUT2D eigenvalue weighted by Gasteiger charge is 2.49. The number of aromatic nitrogens is 1. The van der Waals surface area contributed by atoms with Crippen LogP contribution in [-0.2, 0) is 23.8 Å². The first-order valence-corrected chi connectivity index (χ1v) is 19.6. The van der Waals surface area contributed by atoms with Crippen LogP contribution in [0.15, 0.2) is 65.2 Å². The van der Waals surface area contributed by atoms with Gasteiger partial charge >= 0.3 is 11.8 Å². The van der Waals surface area contributed by atoms with Gasteiger partial charge in [0.2, 0.25) is 0 Å². The molecule has 0 unspecified atom stereocenters. The van der Waals surface area contributed by atoms with Gasteiger partial charge in [-0.05, 0) is 32.1 Å². The summed E-state index contributed by atoms with van der Waals surface area (Å²) in [5.74, 6) is -6.75. The molecule has 1 amide bonds. The van der Waals surface area contributed by atoms with Crippen LogP contribution in [0.2, 0.25) is 0 Å². The van der Waals surface area contributed by atoms with Crippen molar-refractivity contribution in [3.05, 3.63) is 81.8 Å². The minimum absolute atomic E-state index is 0.0124. The van der Waals surface area contributed by atoms with E-state index in [9.17, 15) is 34.5 Å². The lowest BCUT2D eigenvalue weighted by Crippen LogP contribution is -2.46. The number of phenols is 1. The van der Waals surface area contributed by atoms with Crippen molar-refractivity contribution in [1.82, 2.24) is 4.98 Å². The summed E-state index contributed by atoms with van der Waals surface area (Å²) in [5, 5.41) is 37.4. The van der Waals surface area contributed by atoms with Crippen molar-refractivity contribution in [1.29, 1.82) is 0 Å². The number of rotatable bonds is 2. The third-order valence-corrected chi connectivity index (χ3v) is 12.4. The maximum absolute atomic E-state index is 14.5. The number of nitrogens with zero attached hydrogens (tertiary/aromatic N) is 1. The summed E-state index contributed by atoms with van der Waals surface area (Å²) in [6.45, 7) is 12.7. The van der Waals surface area contributed by atoms with Crippen LogP contribution in [0.3, 0.4) is 0 Å². The van der Waals surface area contributed by atoms with Crippen molar-refractivity contribution in [2.45, 2.75) is 85.6 Å². The zero-order valence-electron chi connectivity index (χ0n) is 33.3. The number of allylic oxidation sites excluding steroid dienone is 2.